The molecule has 0 saturated heterocycles. The van der Waals surface area contributed by atoms with E-state index in [0.717, 1.165) is 12.1 Å². The molecule has 14 heteroatoms. The first-order chi connectivity index (χ1) is 21.5. The Labute approximate surface area is 267 Å². The molecule has 0 saturated carbocycles. The molecule has 2 amide bonds. The monoisotopic (exact) mass is 644 g/mol. The van der Waals surface area contributed by atoms with Crippen molar-refractivity contribution in [2.24, 2.45) is 0 Å². The van der Waals surface area contributed by atoms with Crippen molar-refractivity contribution in [3.05, 3.63) is 46.5 Å². The zero-order chi connectivity index (χ0) is 34.4. The van der Waals surface area contributed by atoms with Gasteiger partial charge in [0.2, 0.25) is 11.6 Å². The zero-order valence-corrected chi connectivity index (χ0v) is 27.1. The summed E-state index contributed by atoms with van der Waals surface area (Å²) in [6.07, 6.45) is -1.26. The van der Waals surface area contributed by atoms with E-state index in [2.05, 4.69) is 10.6 Å². The molecule has 1 aliphatic carbocycles. The van der Waals surface area contributed by atoms with Crippen LogP contribution in [-0.2, 0) is 9.47 Å². The number of hydrogen-bond donors (Lipinski definition) is 6. The lowest BCUT2D eigenvalue weighted by Crippen LogP contribution is -2.41. The van der Waals surface area contributed by atoms with Crippen molar-refractivity contribution in [1.82, 2.24) is 9.80 Å². The molecule has 252 valence electrons. The molecule has 0 radical (unpaired) electrons. The molecular weight excluding hydrogens is 600 g/mol. The first kappa shape index (κ1) is 35.9. The summed E-state index contributed by atoms with van der Waals surface area (Å²) in [5.41, 5.74) is -1.85. The van der Waals surface area contributed by atoms with Crippen molar-refractivity contribution in [1.29, 1.82) is 0 Å². The van der Waals surface area contributed by atoms with Crippen LogP contribution < -0.4 is 10.6 Å². The normalized spacial score (nSPS) is 12.6. The second kappa shape index (κ2) is 14.7. The van der Waals surface area contributed by atoms with Gasteiger partial charge in [0.1, 0.15) is 22.7 Å². The standard InChI is InChI=1S/C32H44N4O10/c1-31(2,3)45-29(43)35(15-17-37)13-11-33-19-7-8-20(34-12-14-36(16-18-38)30(44)46-32(4,5)6)24-23(19)27(41)25-21(39)9-10-22(40)26(25)28(24)42/h7-10,33-34,37-40H,11-18H2,1-6H3. The lowest BCUT2D eigenvalue weighted by molar-refractivity contribution is 0.0218. The summed E-state index contributed by atoms with van der Waals surface area (Å²) in [7, 11) is 0. The van der Waals surface area contributed by atoms with E-state index in [1.807, 2.05) is 0 Å². The Bertz CT molecular complexity index is 1350. The maximum absolute atomic E-state index is 13.8. The average Bonchev–Trinajstić information content (AvgIpc) is 2.94. The smallest absolute Gasteiger partial charge is 0.410 e. The summed E-state index contributed by atoms with van der Waals surface area (Å²) in [5.74, 6) is -2.37. The first-order valence-corrected chi connectivity index (χ1v) is 15.0. The molecule has 0 bridgehead atoms. The summed E-state index contributed by atoms with van der Waals surface area (Å²) in [5, 5.41) is 46.1. The van der Waals surface area contributed by atoms with Gasteiger partial charge >= 0.3 is 12.2 Å². The number of hydrogen-bond acceptors (Lipinski definition) is 12. The second-order valence-electron chi connectivity index (χ2n) is 12.7. The minimum Gasteiger partial charge on any atom is -0.507 e. The number of aliphatic hydroxyl groups excluding tert-OH is 2. The molecule has 2 aromatic carbocycles. The molecule has 0 aromatic heterocycles. The number of fused-ring (bicyclic) bond motifs is 2. The molecule has 0 aliphatic heterocycles. The number of aliphatic hydroxyl groups is 2. The van der Waals surface area contributed by atoms with Crippen LogP contribution in [-0.4, -0.2) is 118 Å². The van der Waals surface area contributed by atoms with E-state index in [-0.39, 0.29) is 86.1 Å². The molecule has 2 aromatic rings. The number of phenols is 2. The van der Waals surface area contributed by atoms with Crippen LogP contribution >= 0.6 is 0 Å². The van der Waals surface area contributed by atoms with Gasteiger partial charge in [0.05, 0.1) is 35.5 Å². The first-order valence-electron chi connectivity index (χ1n) is 15.0. The van der Waals surface area contributed by atoms with Gasteiger partial charge in [-0.2, -0.15) is 0 Å². The van der Waals surface area contributed by atoms with Crippen LogP contribution in [0.1, 0.15) is 73.4 Å². The number of rotatable bonds is 12. The van der Waals surface area contributed by atoms with Gasteiger partial charge in [-0.05, 0) is 65.8 Å². The Morgan fingerprint density at radius 3 is 1.28 bits per heavy atom. The number of carbonyl (C=O) groups is 4. The van der Waals surface area contributed by atoms with Gasteiger partial charge in [0, 0.05) is 50.6 Å². The number of ketones is 2. The minimum absolute atomic E-state index is 0.00605. The summed E-state index contributed by atoms with van der Waals surface area (Å²) >= 11 is 0. The Morgan fingerprint density at radius 1 is 0.630 bits per heavy atom. The highest BCUT2D eigenvalue weighted by Gasteiger charge is 2.38. The zero-order valence-electron chi connectivity index (χ0n) is 27.1. The largest absolute Gasteiger partial charge is 0.507 e. The molecule has 0 fully saturated rings. The SMILES string of the molecule is CC(C)(C)OC(=O)N(CCO)CCNc1ccc(NCCN(CCO)C(=O)OC(C)(C)C)c2c1C(=O)c1c(O)ccc(O)c1C2=O. The van der Waals surface area contributed by atoms with Crippen LogP contribution in [0.2, 0.25) is 0 Å². The second-order valence-corrected chi connectivity index (χ2v) is 12.7. The van der Waals surface area contributed by atoms with Crippen LogP contribution in [0.25, 0.3) is 0 Å². The van der Waals surface area contributed by atoms with E-state index >= 15 is 0 Å². The Kier molecular flexibility index (Phi) is 11.5. The fourth-order valence-electron chi connectivity index (χ4n) is 4.79. The maximum atomic E-state index is 13.8. The maximum Gasteiger partial charge on any atom is 0.410 e. The molecule has 0 heterocycles. The summed E-state index contributed by atoms with van der Waals surface area (Å²) in [6, 6.07) is 5.36. The van der Waals surface area contributed by atoms with Gasteiger partial charge in [0.15, 0.2) is 0 Å². The van der Waals surface area contributed by atoms with Crippen LogP contribution in [0.15, 0.2) is 24.3 Å². The van der Waals surface area contributed by atoms with Crippen molar-refractivity contribution in [2.45, 2.75) is 52.7 Å². The van der Waals surface area contributed by atoms with Gasteiger partial charge in [-0.1, -0.05) is 0 Å². The van der Waals surface area contributed by atoms with Crippen molar-refractivity contribution in [2.75, 3.05) is 63.1 Å². The molecular formula is C32H44N4O10. The minimum atomic E-state index is -0.754. The quantitative estimate of drug-likeness (QED) is 0.158. The van der Waals surface area contributed by atoms with Crippen molar-refractivity contribution in [3.63, 3.8) is 0 Å². The molecule has 0 atom stereocenters. The molecule has 46 heavy (non-hydrogen) atoms. The van der Waals surface area contributed by atoms with E-state index in [9.17, 15) is 39.6 Å². The molecule has 1 aliphatic rings. The molecule has 0 spiro atoms. The van der Waals surface area contributed by atoms with Crippen LogP contribution in [0, 0.1) is 0 Å². The van der Waals surface area contributed by atoms with Crippen molar-refractivity contribution in [3.8, 4) is 11.5 Å². The van der Waals surface area contributed by atoms with Crippen LogP contribution in [0.5, 0.6) is 11.5 Å². The number of benzene rings is 2. The fraction of sp³-hybridized carbons (Fsp3) is 0.500. The average molecular weight is 645 g/mol. The van der Waals surface area contributed by atoms with E-state index in [1.165, 1.54) is 9.80 Å². The number of amides is 2. The third-order valence-electron chi connectivity index (χ3n) is 6.71. The van der Waals surface area contributed by atoms with Gasteiger partial charge in [-0.25, -0.2) is 9.59 Å². The number of carbonyl (C=O) groups excluding carboxylic acids is 4. The highest BCUT2D eigenvalue weighted by atomic mass is 16.6. The highest BCUT2D eigenvalue weighted by Crippen LogP contribution is 2.42. The van der Waals surface area contributed by atoms with Gasteiger partial charge in [0.25, 0.3) is 0 Å². The molecule has 6 N–H and O–H groups in total. The third kappa shape index (κ3) is 8.79. The Hall–Kier alpha value is -4.56. The van der Waals surface area contributed by atoms with E-state index in [1.54, 1.807) is 53.7 Å². The summed E-state index contributed by atoms with van der Waals surface area (Å²) in [4.78, 5) is 55.6. The number of ether oxygens (including phenoxy) is 2. The lowest BCUT2D eigenvalue weighted by Gasteiger charge is -2.28. The van der Waals surface area contributed by atoms with E-state index in [4.69, 9.17) is 9.47 Å². The Balaban J connectivity index is 1.93. The molecule has 3 rings (SSSR count). The highest BCUT2D eigenvalue weighted by molar-refractivity contribution is 6.33. The summed E-state index contributed by atoms with van der Waals surface area (Å²) < 4.78 is 10.8. The summed E-state index contributed by atoms with van der Waals surface area (Å²) in [6.45, 7) is 10.1. The predicted molar refractivity (Wildman–Crippen MR) is 170 cm³/mol. The topological polar surface area (TPSA) is 198 Å². The van der Waals surface area contributed by atoms with Gasteiger partial charge in [-0.3, -0.25) is 9.59 Å². The van der Waals surface area contributed by atoms with Crippen molar-refractivity contribution >= 4 is 35.1 Å². The third-order valence-corrected chi connectivity index (χ3v) is 6.71. The fourth-order valence-corrected chi connectivity index (χ4v) is 4.79. The number of nitrogens with zero attached hydrogens (tertiary/aromatic N) is 2. The lowest BCUT2D eigenvalue weighted by atomic mass is 9.81. The van der Waals surface area contributed by atoms with Crippen molar-refractivity contribution < 1.29 is 49.1 Å². The van der Waals surface area contributed by atoms with Crippen LogP contribution in [0.4, 0.5) is 21.0 Å². The van der Waals surface area contributed by atoms with Crippen LogP contribution in [0.3, 0.4) is 0 Å². The number of anilines is 2. The number of nitrogens with one attached hydrogen (secondary N) is 2. The molecule has 14 nitrogen and oxygen atoms in total. The number of phenolic OH excluding ortho intramolecular Hbond substituents is 2. The Morgan fingerprint density at radius 2 is 0.978 bits per heavy atom. The number of aromatic hydroxyl groups is 2. The molecule has 0 unspecified atom stereocenters. The van der Waals surface area contributed by atoms with Gasteiger partial charge < -0.3 is 50.3 Å². The van der Waals surface area contributed by atoms with E-state index in [0.29, 0.717) is 0 Å². The van der Waals surface area contributed by atoms with E-state index < -0.39 is 46.5 Å². The predicted octanol–water partition coefficient (Wildman–Crippen LogP) is 3.16. The van der Waals surface area contributed by atoms with Gasteiger partial charge in [-0.15, -0.1) is 0 Å².